The molecule has 0 aromatic carbocycles. The first-order valence-corrected chi connectivity index (χ1v) is 7.65. The van der Waals surface area contributed by atoms with Crippen molar-refractivity contribution < 1.29 is 14.3 Å². The number of imidazole rings is 1. The minimum Gasteiger partial charge on any atom is -0.452 e. The van der Waals surface area contributed by atoms with E-state index in [4.69, 9.17) is 16.3 Å². The van der Waals surface area contributed by atoms with Gasteiger partial charge in [-0.1, -0.05) is 24.6 Å². The van der Waals surface area contributed by atoms with E-state index in [1.807, 2.05) is 26.0 Å². The van der Waals surface area contributed by atoms with Crippen molar-refractivity contribution in [3.63, 3.8) is 0 Å². The fourth-order valence-corrected chi connectivity index (χ4v) is 2.13. The number of nitrogens with one attached hydrogen (secondary N) is 1. The summed E-state index contributed by atoms with van der Waals surface area (Å²) in [7, 11) is 0. The van der Waals surface area contributed by atoms with Crippen LogP contribution in [0, 0.1) is 0 Å². The molecule has 2 rings (SSSR count). The zero-order valence-corrected chi connectivity index (χ0v) is 13.7. The number of carbonyl (C=O) groups is 2. The van der Waals surface area contributed by atoms with Gasteiger partial charge in [-0.2, -0.15) is 0 Å². The van der Waals surface area contributed by atoms with E-state index >= 15 is 0 Å². The number of aromatic nitrogens is 2. The lowest BCUT2D eigenvalue weighted by molar-refractivity contribution is -0.144. The molecule has 122 valence electrons. The van der Waals surface area contributed by atoms with Crippen molar-refractivity contribution in [1.29, 1.82) is 0 Å². The van der Waals surface area contributed by atoms with Gasteiger partial charge in [-0.15, -0.1) is 0 Å². The van der Waals surface area contributed by atoms with Crippen molar-refractivity contribution in [2.24, 2.45) is 0 Å². The third-order valence-electron chi connectivity index (χ3n) is 3.26. The van der Waals surface area contributed by atoms with Crippen molar-refractivity contribution in [1.82, 2.24) is 14.7 Å². The molecular weight excluding hydrogens is 318 g/mol. The van der Waals surface area contributed by atoms with Gasteiger partial charge in [-0.3, -0.25) is 9.20 Å². The van der Waals surface area contributed by atoms with E-state index in [1.54, 1.807) is 16.7 Å². The molecular formula is C16H18ClN3O3. The van der Waals surface area contributed by atoms with Gasteiger partial charge in [0.05, 0.1) is 5.69 Å². The van der Waals surface area contributed by atoms with Crippen LogP contribution in [0.1, 0.15) is 26.0 Å². The normalized spacial score (nSPS) is 12.5. The first kappa shape index (κ1) is 17.0. The quantitative estimate of drug-likeness (QED) is 0.650. The van der Waals surface area contributed by atoms with E-state index in [9.17, 15) is 9.59 Å². The van der Waals surface area contributed by atoms with Crippen molar-refractivity contribution in [3.05, 3.63) is 41.3 Å². The highest BCUT2D eigenvalue weighted by Gasteiger charge is 2.09. The average molecular weight is 336 g/mol. The lowest BCUT2D eigenvalue weighted by Gasteiger charge is -2.10. The Morgan fingerprint density at radius 2 is 2.26 bits per heavy atom. The van der Waals surface area contributed by atoms with Gasteiger partial charge in [-0.25, -0.2) is 9.78 Å². The van der Waals surface area contributed by atoms with E-state index < -0.39 is 5.97 Å². The van der Waals surface area contributed by atoms with Crippen LogP contribution in [0.5, 0.6) is 0 Å². The average Bonchev–Trinajstić information content (AvgIpc) is 2.86. The number of pyridine rings is 1. The van der Waals surface area contributed by atoms with Crippen molar-refractivity contribution >= 4 is 35.2 Å². The Balaban J connectivity index is 1.95. The molecule has 0 radical (unpaired) electrons. The van der Waals surface area contributed by atoms with Gasteiger partial charge >= 0.3 is 5.97 Å². The van der Waals surface area contributed by atoms with E-state index in [0.29, 0.717) is 11.3 Å². The van der Waals surface area contributed by atoms with E-state index in [1.165, 1.54) is 12.2 Å². The van der Waals surface area contributed by atoms with Crippen LogP contribution >= 0.6 is 11.6 Å². The van der Waals surface area contributed by atoms with Crippen LogP contribution in [0.4, 0.5) is 0 Å². The largest absolute Gasteiger partial charge is 0.452 e. The van der Waals surface area contributed by atoms with E-state index in [-0.39, 0.29) is 23.7 Å². The number of carbonyl (C=O) groups excluding carboxylic acids is 2. The molecule has 0 aliphatic carbocycles. The lowest BCUT2D eigenvalue weighted by atomic mass is 10.2. The van der Waals surface area contributed by atoms with Gasteiger partial charge < -0.3 is 10.1 Å². The Bertz CT molecular complexity index is 739. The second-order valence-electron chi connectivity index (χ2n) is 5.03. The zero-order valence-electron chi connectivity index (χ0n) is 13.0. The maximum absolute atomic E-state index is 11.7. The fraction of sp³-hybridized carbons (Fsp3) is 0.312. The van der Waals surface area contributed by atoms with Gasteiger partial charge in [0, 0.05) is 18.3 Å². The SMILES string of the molecule is CC[C@@H](C)NC(=O)COC(=O)/C=C/c1c(Cl)nc2ccccn12. The van der Waals surface area contributed by atoms with Crippen LogP contribution in [0.15, 0.2) is 30.5 Å². The molecule has 0 saturated heterocycles. The number of hydrogen-bond acceptors (Lipinski definition) is 4. The molecule has 7 heteroatoms. The molecule has 0 unspecified atom stereocenters. The molecule has 0 fully saturated rings. The fourth-order valence-electron chi connectivity index (χ4n) is 1.89. The van der Waals surface area contributed by atoms with Gasteiger partial charge in [0.2, 0.25) is 0 Å². The van der Waals surface area contributed by atoms with E-state index in [0.717, 1.165) is 6.42 Å². The molecule has 0 spiro atoms. The van der Waals surface area contributed by atoms with Crippen LogP contribution in [0.3, 0.4) is 0 Å². The number of nitrogens with zero attached hydrogens (tertiary/aromatic N) is 2. The molecule has 1 amide bonds. The van der Waals surface area contributed by atoms with Crippen LogP contribution in [-0.2, 0) is 14.3 Å². The number of halogens is 1. The first-order valence-electron chi connectivity index (χ1n) is 7.28. The molecule has 0 aliphatic rings. The predicted octanol–water partition coefficient (Wildman–Crippen LogP) is 2.46. The van der Waals surface area contributed by atoms with Gasteiger partial charge in [0.15, 0.2) is 11.8 Å². The number of rotatable bonds is 6. The highest BCUT2D eigenvalue weighted by molar-refractivity contribution is 6.31. The summed E-state index contributed by atoms with van der Waals surface area (Å²) in [5, 5.41) is 3.00. The molecule has 2 aromatic heterocycles. The molecule has 0 bridgehead atoms. The smallest absolute Gasteiger partial charge is 0.331 e. The highest BCUT2D eigenvalue weighted by Crippen LogP contribution is 2.18. The predicted molar refractivity (Wildman–Crippen MR) is 88.1 cm³/mol. The topological polar surface area (TPSA) is 72.7 Å². The number of esters is 1. The van der Waals surface area contributed by atoms with E-state index in [2.05, 4.69) is 10.3 Å². The number of fused-ring (bicyclic) bond motifs is 1. The monoisotopic (exact) mass is 335 g/mol. The van der Waals surface area contributed by atoms with Crippen LogP contribution < -0.4 is 5.32 Å². The summed E-state index contributed by atoms with van der Waals surface area (Å²) in [5.74, 6) is -0.944. The van der Waals surface area contributed by atoms with Gasteiger partial charge in [0.25, 0.3) is 5.91 Å². The molecule has 23 heavy (non-hydrogen) atoms. The lowest BCUT2D eigenvalue weighted by Crippen LogP contribution is -2.35. The third kappa shape index (κ3) is 4.56. The number of ether oxygens (including phenoxy) is 1. The van der Waals surface area contributed by atoms with Crippen molar-refractivity contribution in [3.8, 4) is 0 Å². The molecule has 0 saturated carbocycles. The zero-order chi connectivity index (χ0) is 16.8. The maximum atomic E-state index is 11.7. The molecule has 6 nitrogen and oxygen atoms in total. The van der Waals surface area contributed by atoms with Crippen LogP contribution in [0.25, 0.3) is 11.7 Å². The minimum atomic E-state index is -0.619. The third-order valence-corrected chi connectivity index (χ3v) is 3.54. The molecule has 2 aromatic rings. The summed E-state index contributed by atoms with van der Waals surface area (Å²) < 4.78 is 6.64. The summed E-state index contributed by atoms with van der Waals surface area (Å²) in [6, 6.07) is 5.53. The molecule has 0 aliphatic heterocycles. The van der Waals surface area contributed by atoms with Gasteiger partial charge in [-0.05, 0) is 31.6 Å². The first-order chi connectivity index (χ1) is 11.0. The highest BCUT2D eigenvalue weighted by atomic mass is 35.5. The molecule has 1 atom stereocenters. The summed E-state index contributed by atoms with van der Waals surface area (Å²) in [5.41, 5.74) is 1.25. The Hall–Kier alpha value is -2.34. The number of hydrogen-bond donors (Lipinski definition) is 1. The minimum absolute atomic E-state index is 0.0497. The second-order valence-corrected chi connectivity index (χ2v) is 5.39. The number of amides is 1. The second kappa shape index (κ2) is 7.78. The van der Waals surface area contributed by atoms with Crippen molar-refractivity contribution in [2.45, 2.75) is 26.3 Å². The summed E-state index contributed by atoms with van der Waals surface area (Å²) >= 11 is 6.05. The molecule has 2 heterocycles. The summed E-state index contributed by atoms with van der Waals surface area (Å²) in [6.45, 7) is 3.53. The maximum Gasteiger partial charge on any atom is 0.331 e. The Morgan fingerprint density at radius 3 is 3.00 bits per heavy atom. The Morgan fingerprint density at radius 1 is 1.48 bits per heavy atom. The Kier molecular flexibility index (Phi) is 5.76. The standard InChI is InChI=1S/C16H18ClN3O3/c1-3-11(2)18-14(21)10-23-15(22)8-7-12-16(17)19-13-6-4-5-9-20(12)13/h4-9,11H,3,10H2,1-2H3,(H,18,21)/b8-7+/t11-/m1/s1. The van der Waals surface area contributed by atoms with Crippen LogP contribution in [0.2, 0.25) is 5.15 Å². The molecule has 1 N–H and O–H groups in total. The summed E-state index contributed by atoms with van der Waals surface area (Å²) in [4.78, 5) is 27.4. The Labute approximate surface area is 139 Å². The van der Waals surface area contributed by atoms with Crippen molar-refractivity contribution in [2.75, 3.05) is 6.61 Å². The van der Waals surface area contributed by atoms with Gasteiger partial charge in [0.1, 0.15) is 5.65 Å². The van der Waals surface area contributed by atoms with Crippen LogP contribution in [-0.4, -0.2) is 33.9 Å². The summed E-state index contributed by atoms with van der Waals surface area (Å²) in [6.07, 6.45) is 5.33.